The lowest BCUT2D eigenvalue weighted by Gasteiger charge is -2.05. The molecule has 1 rings (SSSR count). The summed E-state index contributed by atoms with van der Waals surface area (Å²) in [7, 11) is -6.00. The van der Waals surface area contributed by atoms with Crippen LogP contribution < -0.4 is 4.28 Å². The third kappa shape index (κ3) is 6.27. The van der Waals surface area contributed by atoms with E-state index in [1.807, 2.05) is 0 Å². The molecular weight excluding hydrogens is 268 g/mol. The SMILES string of the molecule is O=[SH](=O)CCCCCS(=O)(=O)On1ccnc1. The second kappa shape index (κ2) is 6.60. The number of imidazole rings is 1. The van der Waals surface area contributed by atoms with Crippen LogP contribution in [0.3, 0.4) is 0 Å². The van der Waals surface area contributed by atoms with Gasteiger partial charge in [0.1, 0.15) is 17.0 Å². The number of unbranched alkanes of at least 4 members (excludes halogenated alkanes) is 2. The number of hydrogen-bond donors (Lipinski definition) is 1. The van der Waals surface area contributed by atoms with Crippen LogP contribution in [-0.4, -0.2) is 38.1 Å². The molecule has 0 N–H and O–H groups in total. The van der Waals surface area contributed by atoms with Crippen LogP contribution in [0.25, 0.3) is 0 Å². The highest BCUT2D eigenvalue weighted by atomic mass is 32.2. The van der Waals surface area contributed by atoms with Crippen molar-refractivity contribution in [2.45, 2.75) is 19.3 Å². The minimum Gasteiger partial charge on any atom is -0.286 e. The van der Waals surface area contributed by atoms with Gasteiger partial charge >= 0.3 is 10.1 Å². The van der Waals surface area contributed by atoms with Crippen LogP contribution in [0, 0.1) is 0 Å². The Bertz CT molecular complexity index is 484. The number of thiol groups is 1. The van der Waals surface area contributed by atoms with Crippen LogP contribution in [0.5, 0.6) is 0 Å². The van der Waals surface area contributed by atoms with Gasteiger partial charge in [0, 0.05) is 11.9 Å². The average molecular weight is 282 g/mol. The first-order chi connectivity index (χ1) is 7.99. The predicted octanol–water partition coefficient (Wildman–Crippen LogP) is -0.577. The maximum atomic E-state index is 11.4. The van der Waals surface area contributed by atoms with Crippen molar-refractivity contribution >= 4 is 20.8 Å². The number of hydrogen-bond acceptors (Lipinski definition) is 6. The quantitative estimate of drug-likeness (QED) is 0.506. The van der Waals surface area contributed by atoms with Crippen molar-refractivity contribution in [3.8, 4) is 0 Å². The van der Waals surface area contributed by atoms with Gasteiger partial charge in [-0.05, 0) is 12.8 Å². The Morgan fingerprint density at radius 2 is 2.00 bits per heavy atom. The molecule has 0 aliphatic rings. The van der Waals surface area contributed by atoms with Crippen molar-refractivity contribution < 1.29 is 21.1 Å². The highest BCUT2D eigenvalue weighted by Crippen LogP contribution is 2.00. The minimum absolute atomic E-state index is 0.0950. The molecule has 9 heteroatoms. The van der Waals surface area contributed by atoms with E-state index in [0.717, 1.165) is 4.73 Å². The Balaban J connectivity index is 2.26. The van der Waals surface area contributed by atoms with Gasteiger partial charge in [0.15, 0.2) is 0 Å². The zero-order chi connectivity index (χ0) is 12.7. The molecular formula is C8H14N2O5S2. The highest BCUT2D eigenvalue weighted by molar-refractivity contribution is 7.86. The van der Waals surface area contributed by atoms with E-state index in [9.17, 15) is 16.8 Å². The molecule has 0 unspecified atom stereocenters. The molecule has 0 saturated carbocycles. The van der Waals surface area contributed by atoms with Crippen molar-refractivity contribution in [3.63, 3.8) is 0 Å². The van der Waals surface area contributed by atoms with Gasteiger partial charge in [-0.1, -0.05) is 6.42 Å². The molecule has 0 aromatic carbocycles. The van der Waals surface area contributed by atoms with Crippen molar-refractivity contribution in [2.24, 2.45) is 0 Å². The topological polar surface area (TPSA) is 95.3 Å². The second-order valence-corrected chi connectivity index (χ2v) is 6.16. The maximum absolute atomic E-state index is 11.4. The van der Waals surface area contributed by atoms with Crippen LogP contribution in [0.4, 0.5) is 0 Å². The summed E-state index contributed by atoms with van der Waals surface area (Å²) in [5.74, 6) is -0.0431. The summed E-state index contributed by atoms with van der Waals surface area (Å²) in [5.41, 5.74) is 0. The molecule has 7 nitrogen and oxygen atoms in total. The fourth-order valence-electron chi connectivity index (χ4n) is 1.16. The predicted molar refractivity (Wildman–Crippen MR) is 61.6 cm³/mol. The van der Waals surface area contributed by atoms with Gasteiger partial charge in [0.2, 0.25) is 0 Å². The van der Waals surface area contributed by atoms with Gasteiger partial charge in [-0.15, -0.1) is 0 Å². The molecule has 0 atom stereocenters. The Morgan fingerprint density at radius 3 is 2.59 bits per heavy atom. The standard InChI is InChI=1S/C8H14N2O5S2/c11-16(12)6-2-1-3-7-17(13,14)15-10-5-4-9-8-10/h4-5,8,16H,1-3,6-7H2. The molecule has 0 aliphatic carbocycles. The number of aromatic nitrogens is 2. The number of nitrogens with zero attached hydrogens (tertiary/aromatic N) is 2. The van der Waals surface area contributed by atoms with Crippen LogP contribution in [0.15, 0.2) is 18.7 Å². The Hall–Kier alpha value is -1.09. The second-order valence-electron chi connectivity index (χ2n) is 3.38. The van der Waals surface area contributed by atoms with Crippen molar-refractivity contribution in [3.05, 3.63) is 18.7 Å². The molecule has 0 radical (unpaired) electrons. The van der Waals surface area contributed by atoms with Gasteiger partial charge in [-0.2, -0.15) is 13.1 Å². The molecule has 0 saturated heterocycles. The minimum atomic E-state index is -3.63. The monoisotopic (exact) mass is 282 g/mol. The molecule has 0 spiro atoms. The Kier molecular flexibility index (Phi) is 5.42. The van der Waals surface area contributed by atoms with E-state index in [-0.39, 0.29) is 11.5 Å². The van der Waals surface area contributed by atoms with Gasteiger partial charge in [0.05, 0.1) is 11.9 Å². The van der Waals surface area contributed by atoms with Crippen LogP contribution in [0.1, 0.15) is 19.3 Å². The molecule has 0 bridgehead atoms. The van der Waals surface area contributed by atoms with Gasteiger partial charge < -0.3 is 0 Å². The van der Waals surface area contributed by atoms with Gasteiger partial charge in [-0.3, -0.25) is 4.28 Å². The molecule has 98 valence electrons. The smallest absolute Gasteiger partial charge is 0.286 e. The van der Waals surface area contributed by atoms with Crippen LogP contribution in [0.2, 0.25) is 0 Å². The van der Waals surface area contributed by atoms with E-state index in [4.69, 9.17) is 0 Å². The largest absolute Gasteiger partial charge is 0.327 e. The third-order valence-corrected chi connectivity index (χ3v) is 3.78. The Morgan fingerprint density at radius 1 is 1.24 bits per heavy atom. The summed E-state index contributed by atoms with van der Waals surface area (Å²) in [5, 5.41) is 0. The lowest BCUT2D eigenvalue weighted by atomic mass is 10.3. The van der Waals surface area contributed by atoms with E-state index in [1.165, 1.54) is 18.7 Å². The molecule has 17 heavy (non-hydrogen) atoms. The summed E-state index contributed by atoms with van der Waals surface area (Å²) < 4.78 is 49.0. The van der Waals surface area contributed by atoms with E-state index in [1.54, 1.807) is 0 Å². The summed E-state index contributed by atoms with van der Waals surface area (Å²) in [4.78, 5) is 3.64. The third-order valence-electron chi connectivity index (χ3n) is 1.91. The average Bonchev–Trinajstić information content (AvgIpc) is 2.68. The molecule has 1 aromatic heterocycles. The fraction of sp³-hybridized carbons (Fsp3) is 0.625. The molecule has 1 aromatic rings. The zero-order valence-corrected chi connectivity index (χ0v) is 10.8. The molecule has 0 fully saturated rings. The van der Waals surface area contributed by atoms with Crippen molar-refractivity contribution in [1.82, 2.24) is 9.71 Å². The van der Waals surface area contributed by atoms with E-state index < -0.39 is 20.8 Å². The van der Waals surface area contributed by atoms with Crippen molar-refractivity contribution in [1.29, 1.82) is 0 Å². The lowest BCUT2D eigenvalue weighted by molar-refractivity contribution is 0.278. The van der Waals surface area contributed by atoms with E-state index in [2.05, 4.69) is 9.27 Å². The fourth-order valence-corrected chi connectivity index (χ4v) is 2.62. The summed E-state index contributed by atoms with van der Waals surface area (Å²) in [6, 6.07) is 0. The summed E-state index contributed by atoms with van der Waals surface area (Å²) in [6.45, 7) is 0. The first kappa shape index (κ1) is 14.0. The molecule has 0 amide bonds. The first-order valence-corrected chi connectivity index (χ1v) is 7.96. The van der Waals surface area contributed by atoms with Gasteiger partial charge in [0.25, 0.3) is 0 Å². The summed E-state index contributed by atoms with van der Waals surface area (Å²) in [6.07, 6.45) is 5.40. The van der Waals surface area contributed by atoms with E-state index in [0.29, 0.717) is 19.3 Å². The normalized spacial score (nSPS) is 11.8. The highest BCUT2D eigenvalue weighted by Gasteiger charge is 2.12. The summed E-state index contributed by atoms with van der Waals surface area (Å²) >= 11 is 0. The van der Waals surface area contributed by atoms with Gasteiger partial charge in [-0.25, -0.2) is 13.4 Å². The van der Waals surface area contributed by atoms with E-state index >= 15 is 0 Å². The van der Waals surface area contributed by atoms with Crippen molar-refractivity contribution in [2.75, 3.05) is 11.5 Å². The molecule has 0 aliphatic heterocycles. The van der Waals surface area contributed by atoms with Crippen LogP contribution >= 0.6 is 0 Å². The zero-order valence-electron chi connectivity index (χ0n) is 9.06. The van der Waals surface area contributed by atoms with Crippen LogP contribution in [-0.2, 0) is 20.8 Å². The maximum Gasteiger partial charge on any atom is 0.327 e. The first-order valence-electron chi connectivity index (χ1n) is 5.02. The number of rotatable bonds is 8. The molecule has 1 heterocycles. The lowest BCUT2D eigenvalue weighted by Crippen LogP contribution is -2.21. The Labute approximate surface area is 101 Å².